The maximum Gasteiger partial charge on any atom is 0.128 e. The normalized spacial score (nSPS) is 9.49. The first-order valence-electron chi connectivity index (χ1n) is 21.7. The molecule has 0 bridgehead atoms. The Morgan fingerprint density at radius 3 is 1.06 bits per heavy atom. The number of aryl methyl sites for hydroxylation is 7. The van der Waals surface area contributed by atoms with E-state index in [-0.39, 0.29) is 14.9 Å². The summed E-state index contributed by atoms with van der Waals surface area (Å²) in [7, 11) is -1.42. The van der Waals surface area contributed by atoms with Gasteiger partial charge in [0.25, 0.3) is 0 Å². The molecule has 0 unspecified atom stereocenters. The minimum Gasteiger partial charge on any atom is -0.265 e. The molecule has 0 saturated heterocycles. The Hall–Kier alpha value is -6.16. The van der Waals surface area contributed by atoms with Gasteiger partial charge in [-0.1, -0.05) is 132 Å². The lowest BCUT2D eigenvalue weighted by molar-refractivity contribution is 0.398. The van der Waals surface area contributed by atoms with Crippen LogP contribution in [-0.4, -0.2) is 49.8 Å². The highest BCUT2D eigenvalue weighted by atomic mass is 15.0. The largest absolute Gasteiger partial charge is 0.265 e. The lowest BCUT2D eigenvalue weighted by Crippen LogP contribution is -2.00. The molecule has 6 heterocycles. The van der Waals surface area contributed by atoms with Gasteiger partial charge in [0.05, 0.1) is 0 Å². The van der Waals surface area contributed by atoms with Gasteiger partial charge in [0, 0.05) is 65.6 Å². The van der Waals surface area contributed by atoms with Crippen LogP contribution in [0.4, 0.5) is 0 Å². The van der Waals surface area contributed by atoms with Gasteiger partial charge in [-0.2, -0.15) is 0 Å². The first-order chi connectivity index (χ1) is 30.0. The molecule has 0 aliphatic rings. The molecule has 0 saturated carbocycles. The molecule has 0 aliphatic heterocycles. The Balaban J connectivity index is -0.000000209. The molecule has 63 heavy (non-hydrogen) atoms. The van der Waals surface area contributed by atoms with Crippen molar-refractivity contribution in [1.29, 1.82) is 0 Å². The Kier molecular flexibility index (Phi) is 39.8. The van der Waals surface area contributed by atoms with Gasteiger partial charge in [-0.15, -0.1) is 0 Å². The Morgan fingerprint density at radius 2 is 0.841 bits per heavy atom. The standard InChI is InChI=1S/C7H8.3C6H7N.C6H14.2C5H6N2.C5H12.C4H5N3.3CH4/c1-7-5-3-2-4-6-7;1-6-2-4-7-5-3-6;1-6-3-2-4-7-5-6;1-6-4-2-3-5-7-6;1-5-6(2,3)4;1-5-2-6-4-7-3-5;1-5-6-3-2-4-7-5;1-5(2,3)4;1-4-6-2-5-3-7-4;;;/h2-6H,1H3;3*2-5H,1H3;5H2,1-4H3;2*2-4H,1H3;1-4H3;2-3H,1H3;3*1H4/i;;;;;;;;;1D3;;. The van der Waals surface area contributed by atoms with E-state index in [1.165, 1.54) is 42.1 Å². The molecular formula is C53H84N10. The van der Waals surface area contributed by atoms with E-state index in [4.69, 9.17) is 4.11 Å². The lowest BCUT2D eigenvalue weighted by atomic mass is 9.94. The summed E-state index contributed by atoms with van der Waals surface area (Å²) < 4.78 is 17.8. The zero-order valence-electron chi connectivity index (χ0n) is 42.7. The molecule has 0 aliphatic carbocycles. The highest BCUT2D eigenvalue weighted by Gasteiger charge is 2.03. The van der Waals surface area contributed by atoms with E-state index in [0.29, 0.717) is 10.8 Å². The number of benzene rings is 1. The fourth-order valence-electron chi connectivity index (χ4n) is 2.90. The van der Waals surface area contributed by atoms with E-state index in [1.807, 2.05) is 108 Å². The maximum atomic E-state index is 5.92. The van der Waals surface area contributed by atoms with Gasteiger partial charge in [0.1, 0.15) is 30.6 Å². The molecule has 10 heteroatoms. The van der Waals surface area contributed by atoms with E-state index in [1.54, 1.807) is 55.6 Å². The highest BCUT2D eigenvalue weighted by Crippen LogP contribution is 2.16. The number of rotatable bonds is 0. The van der Waals surface area contributed by atoms with Crippen LogP contribution in [0.1, 0.15) is 128 Å². The quantitative estimate of drug-likeness (QED) is 0.145. The first kappa shape index (κ1) is 58.9. The van der Waals surface area contributed by atoms with Crippen molar-refractivity contribution in [1.82, 2.24) is 49.8 Å². The Bertz CT molecular complexity index is 1580. The minimum atomic E-state index is -1.42. The van der Waals surface area contributed by atoms with Crippen LogP contribution in [0.25, 0.3) is 0 Å². The third-order valence-corrected chi connectivity index (χ3v) is 6.48. The summed E-state index contributed by atoms with van der Waals surface area (Å²) in [5.74, 6) is 1.58. The van der Waals surface area contributed by atoms with Gasteiger partial charge >= 0.3 is 0 Å². The van der Waals surface area contributed by atoms with E-state index < -0.39 is 7.35 Å². The van der Waals surface area contributed by atoms with Gasteiger partial charge in [-0.05, 0) is 112 Å². The van der Waals surface area contributed by atoms with Crippen molar-refractivity contribution in [2.24, 2.45) is 10.8 Å². The summed E-state index contributed by atoms with van der Waals surface area (Å²) >= 11 is 0. The summed E-state index contributed by atoms with van der Waals surface area (Å²) in [6.07, 6.45) is 21.7. The third-order valence-electron chi connectivity index (χ3n) is 6.48. The first-order valence-corrected chi connectivity index (χ1v) is 20.0. The van der Waals surface area contributed by atoms with Crippen molar-refractivity contribution < 1.29 is 4.11 Å². The summed E-state index contributed by atoms with van der Waals surface area (Å²) in [5.41, 5.74) is 7.00. The van der Waals surface area contributed by atoms with Crippen molar-refractivity contribution in [3.8, 4) is 0 Å². The van der Waals surface area contributed by atoms with Crippen molar-refractivity contribution in [3.05, 3.63) is 193 Å². The maximum absolute atomic E-state index is 5.92. The Labute approximate surface area is 389 Å². The highest BCUT2D eigenvalue weighted by molar-refractivity contribution is 5.11. The number of pyridine rings is 3. The molecule has 1 aromatic carbocycles. The zero-order valence-corrected chi connectivity index (χ0v) is 39.7. The van der Waals surface area contributed by atoms with Crippen molar-refractivity contribution >= 4 is 0 Å². The second-order valence-electron chi connectivity index (χ2n) is 16.0. The molecule has 0 fully saturated rings. The summed E-state index contributed by atoms with van der Waals surface area (Å²) in [5, 5.41) is 0. The molecule has 7 aromatic rings. The topological polar surface area (TPSA) is 129 Å². The molecule has 6 aromatic heterocycles. The second-order valence-corrected chi connectivity index (χ2v) is 16.0. The summed E-state index contributed by atoms with van der Waals surface area (Å²) in [6.45, 7) is 31.4. The molecule has 0 radical (unpaired) electrons. The van der Waals surface area contributed by atoms with Gasteiger partial charge in [-0.25, -0.2) is 34.9 Å². The molecule has 7 rings (SSSR count). The van der Waals surface area contributed by atoms with E-state index >= 15 is 0 Å². The van der Waals surface area contributed by atoms with Crippen molar-refractivity contribution in [2.45, 2.75) is 132 Å². The predicted molar refractivity (Wildman–Crippen MR) is 271 cm³/mol. The lowest BCUT2D eigenvalue weighted by Gasteiger charge is -2.12. The van der Waals surface area contributed by atoms with Crippen LogP contribution in [0.2, 0.25) is 0 Å². The zero-order chi connectivity index (χ0) is 49.1. The van der Waals surface area contributed by atoms with E-state index in [2.05, 4.69) is 124 Å². The number of nitrogens with zero attached hydrogens (tertiary/aromatic N) is 10. The van der Waals surface area contributed by atoms with E-state index in [0.717, 1.165) is 22.9 Å². The minimum absolute atomic E-state index is 0. The summed E-state index contributed by atoms with van der Waals surface area (Å²) in [4.78, 5) is 38.1. The second kappa shape index (κ2) is 42.5. The molecule has 0 spiro atoms. The van der Waals surface area contributed by atoms with E-state index in [9.17, 15) is 0 Å². The fourth-order valence-corrected chi connectivity index (χ4v) is 2.90. The Morgan fingerprint density at radius 1 is 0.413 bits per heavy atom. The number of hydrogen-bond donors (Lipinski definition) is 0. The third kappa shape index (κ3) is 58.0. The average molecular weight is 864 g/mol. The van der Waals surface area contributed by atoms with Crippen LogP contribution in [0.15, 0.2) is 154 Å². The van der Waals surface area contributed by atoms with Crippen LogP contribution in [0.5, 0.6) is 0 Å². The monoisotopic (exact) mass is 864 g/mol. The van der Waals surface area contributed by atoms with Crippen molar-refractivity contribution in [3.63, 3.8) is 0 Å². The van der Waals surface area contributed by atoms with Crippen LogP contribution < -0.4 is 0 Å². The molecule has 10 nitrogen and oxygen atoms in total. The predicted octanol–water partition coefficient (Wildman–Crippen LogP) is 14.3. The fraction of sp³-hybridized carbons (Fsp3) is 0.396. The van der Waals surface area contributed by atoms with Crippen LogP contribution >= 0.6 is 0 Å². The SMILES string of the molecule is C.C.CC(C)(C)C.CCC(C)(C)C.Cc1ccccc1.Cc1ccccn1.Cc1cccnc1.Cc1ccncc1.Cc1cncnc1.Cc1ncccn1.Cc1ncncn1.[2H]C([2H])[2H]. The van der Waals surface area contributed by atoms with Crippen molar-refractivity contribution in [2.75, 3.05) is 0 Å². The number of hydrogen-bond acceptors (Lipinski definition) is 10. The van der Waals surface area contributed by atoms with Gasteiger partial charge in [0.2, 0.25) is 0 Å². The smallest absolute Gasteiger partial charge is 0.128 e. The van der Waals surface area contributed by atoms with Crippen LogP contribution in [0.3, 0.4) is 0 Å². The molecule has 0 atom stereocenters. The molecule has 0 amide bonds. The van der Waals surface area contributed by atoms with Gasteiger partial charge < -0.3 is 0 Å². The number of aromatic nitrogens is 10. The molecular weight excluding hydrogens is 777 g/mol. The van der Waals surface area contributed by atoms with Gasteiger partial charge in [-0.3, -0.25) is 15.0 Å². The molecule has 0 N–H and O–H groups in total. The van der Waals surface area contributed by atoms with Crippen LogP contribution in [0, 0.1) is 59.3 Å². The average Bonchev–Trinajstić information content (AvgIpc) is 3.24. The summed E-state index contributed by atoms with van der Waals surface area (Å²) in [6, 6.07) is 25.8. The molecule has 346 valence electrons. The van der Waals surface area contributed by atoms with Crippen LogP contribution in [-0.2, 0) is 0 Å². The van der Waals surface area contributed by atoms with Gasteiger partial charge in [0.15, 0.2) is 0 Å².